The molecule has 0 bridgehead atoms. The predicted molar refractivity (Wildman–Crippen MR) is 72.6 cm³/mol. The molecular weight excluding hydrogens is 289 g/mol. The standard InChI is InChI=1S/C13H17F3N2O3/c1-18(5-2-6-21-8-13(14,15)16)11-4-3-9(12(19)20)7-10(11)17/h3-4,7H,2,5-6,8,17H2,1H3,(H,19,20). The summed E-state index contributed by atoms with van der Waals surface area (Å²) in [5.74, 6) is -1.07. The van der Waals surface area contributed by atoms with Crippen molar-refractivity contribution < 1.29 is 27.8 Å². The first-order valence-corrected chi connectivity index (χ1v) is 6.19. The van der Waals surface area contributed by atoms with Crippen LogP contribution in [0.1, 0.15) is 16.8 Å². The zero-order valence-corrected chi connectivity index (χ0v) is 11.5. The van der Waals surface area contributed by atoms with Crippen LogP contribution in [0.2, 0.25) is 0 Å². The Morgan fingerprint density at radius 2 is 2.10 bits per heavy atom. The first kappa shape index (κ1) is 17.1. The van der Waals surface area contributed by atoms with E-state index in [2.05, 4.69) is 4.74 Å². The fourth-order valence-corrected chi connectivity index (χ4v) is 1.75. The van der Waals surface area contributed by atoms with Gasteiger partial charge in [0.15, 0.2) is 0 Å². The molecule has 3 N–H and O–H groups in total. The molecule has 5 nitrogen and oxygen atoms in total. The van der Waals surface area contributed by atoms with Gasteiger partial charge in [0, 0.05) is 20.2 Å². The lowest BCUT2D eigenvalue weighted by atomic mass is 10.1. The van der Waals surface area contributed by atoms with Gasteiger partial charge in [-0.2, -0.15) is 13.2 Å². The van der Waals surface area contributed by atoms with E-state index in [4.69, 9.17) is 10.8 Å². The third-order valence-corrected chi connectivity index (χ3v) is 2.73. The van der Waals surface area contributed by atoms with E-state index in [0.717, 1.165) is 0 Å². The Balaban J connectivity index is 2.45. The van der Waals surface area contributed by atoms with Crippen molar-refractivity contribution in [3.63, 3.8) is 0 Å². The van der Waals surface area contributed by atoms with Gasteiger partial charge in [0.1, 0.15) is 6.61 Å². The summed E-state index contributed by atoms with van der Waals surface area (Å²) in [4.78, 5) is 12.5. The summed E-state index contributed by atoms with van der Waals surface area (Å²) in [6.07, 6.45) is -3.92. The summed E-state index contributed by atoms with van der Waals surface area (Å²) in [7, 11) is 1.72. The minimum absolute atomic E-state index is 0.0169. The molecule has 21 heavy (non-hydrogen) atoms. The third kappa shape index (κ3) is 5.90. The highest BCUT2D eigenvalue weighted by atomic mass is 19.4. The zero-order valence-electron chi connectivity index (χ0n) is 11.5. The fraction of sp³-hybridized carbons (Fsp3) is 0.462. The van der Waals surface area contributed by atoms with Crippen molar-refractivity contribution in [3.8, 4) is 0 Å². The molecule has 0 aromatic heterocycles. The molecule has 1 rings (SSSR count). The van der Waals surface area contributed by atoms with E-state index >= 15 is 0 Å². The van der Waals surface area contributed by atoms with Crippen molar-refractivity contribution >= 4 is 17.3 Å². The van der Waals surface area contributed by atoms with E-state index in [1.807, 2.05) is 0 Å². The number of anilines is 2. The number of nitrogens with two attached hydrogens (primary N) is 1. The topological polar surface area (TPSA) is 75.8 Å². The molecule has 0 aliphatic heterocycles. The summed E-state index contributed by atoms with van der Waals surface area (Å²) in [5, 5.41) is 8.83. The van der Waals surface area contributed by atoms with Crippen molar-refractivity contribution in [2.45, 2.75) is 12.6 Å². The minimum Gasteiger partial charge on any atom is -0.478 e. The highest BCUT2D eigenvalue weighted by Gasteiger charge is 2.27. The van der Waals surface area contributed by atoms with E-state index in [-0.39, 0.29) is 12.2 Å². The number of nitrogens with zero attached hydrogens (tertiary/aromatic N) is 1. The van der Waals surface area contributed by atoms with Crippen molar-refractivity contribution in [2.75, 3.05) is 37.4 Å². The maximum Gasteiger partial charge on any atom is 0.411 e. The van der Waals surface area contributed by atoms with E-state index in [0.29, 0.717) is 24.3 Å². The summed E-state index contributed by atoms with van der Waals surface area (Å²) < 4.78 is 40.1. The van der Waals surface area contributed by atoms with Crippen LogP contribution in [0.3, 0.4) is 0 Å². The van der Waals surface area contributed by atoms with E-state index < -0.39 is 18.8 Å². The van der Waals surface area contributed by atoms with Crippen molar-refractivity contribution in [3.05, 3.63) is 23.8 Å². The van der Waals surface area contributed by atoms with Crippen LogP contribution in [0.15, 0.2) is 18.2 Å². The van der Waals surface area contributed by atoms with Crippen LogP contribution >= 0.6 is 0 Å². The second kappa shape index (κ2) is 7.16. The van der Waals surface area contributed by atoms with Gasteiger partial charge in [-0.3, -0.25) is 0 Å². The van der Waals surface area contributed by atoms with Gasteiger partial charge < -0.3 is 20.5 Å². The smallest absolute Gasteiger partial charge is 0.411 e. The Bertz CT molecular complexity index is 492. The van der Waals surface area contributed by atoms with Gasteiger partial charge in [-0.05, 0) is 24.6 Å². The number of benzene rings is 1. The lowest BCUT2D eigenvalue weighted by Gasteiger charge is -2.21. The summed E-state index contributed by atoms with van der Waals surface area (Å²) >= 11 is 0. The summed E-state index contributed by atoms with van der Waals surface area (Å²) in [6, 6.07) is 4.33. The van der Waals surface area contributed by atoms with Crippen molar-refractivity contribution in [2.24, 2.45) is 0 Å². The van der Waals surface area contributed by atoms with Gasteiger partial charge in [0.25, 0.3) is 0 Å². The molecule has 0 aliphatic rings. The normalized spacial score (nSPS) is 11.4. The maximum absolute atomic E-state index is 11.9. The molecule has 0 spiro atoms. The lowest BCUT2D eigenvalue weighted by Crippen LogP contribution is -2.23. The van der Waals surface area contributed by atoms with Crippen LogP contribution in [0.5, 0.6) is 0 Å². The van der Waals surface area contributed by atoms with E-state index in [9.17, 15) is 18.0 Å². The zero-order chi connectivity index (χ0) is 16.0. The molecule has 8 heteroatoms. The van der Waals surface area contributed by atoms with Gasteiger partial charge in [-0.1, -0.05) is 0 Å². The number of aromatic carboxylic acids is 1. The third-order valence-electron chi connectivity index (χ3n) is 2.73. The number of alkyl halides is 3. The SMILES string of the molecule is CN(CCCOCC(F)(F)F)c1ccc(C(=O)O)cc1N. The molecule has 0 heterocycles. The summed E-state index contributed by atoms with van der Waals surface area (Å²) in [5.41, 5.74) is 6.76. The second-order valence-electron chi connectivity index (χ2n) is 4.52. The number of carboxylic acid groups (broad SMARTS) is 1. The number of nitrogen functional groups attached to an aromatic ring is 1. The Hall–Kier alpha value is -1.96. The quantitative estimate of drug-likeness (QED) is 0.597. The van der Waals surface area contributed by atoms with Crippen molar-refractivity contribution in [1.29, 1.82) is 0 Å². The molecule has 0 fully saturated rings. The lowest BCUT2D eigenvalue weighted by molar-refractivity contribution is -0.173. The highest BCUT2D eigenvalue weighted by Crippen LogP contribution is 2.23. The molecule has 1 aromatic carbocycles. The number of rotatable bonds is 7. The Morgan fingerprint density at radius 3 is 2.62 bits per heavy atom. The predicted octanol–water partition coefficient (Wildman–Crippen LogP) is 2.37. The van der Waals surface area contributed by atoms with E-state index in [1.54, 1.807) is 18.0 Å². The number of carboxylic acids is 1. The fourth-order valence-electron chi connectivity index (χ4n) is 1.75. The second-order valence-corrected chi connectivity index (χ2v) is 4.52. The molecule has 0 saturated carbocycles. The van der Waals surface area contributed by atoms with Gasteiger partial charge in [-0.15, -0.1) is 0 Å². The Kier molecular flexibility index (Phi) is 5.83. The first-order chi connectivity index (χ1) is 9.70. The minimum atomic E-state index is -4.32. The van der Waals surface area contributed by atoms with Crippen molar-refractivity contribution in [1.82, 2.24) is 0 Å². The van der Waals surface area contributed by atoms with Gasteiger partial charge in [-0.25, -0.2) is 4.79 Å². The van der Waals surface area contributed by atoms with Crippen LogP contribution in [0, 0.1) is 0 Å². The van der Waals surface area contributed by atoms with Gasteiger partial charge in [0.05, 0.1) is 16.9 Å². The monoisotopic (exact) mass is 306 g/mol. The molecule has 1 aromatic rings. The average molecular weight is 306 g/mol. The number of halogens is 3. The summed E-state index contributed by atoms with van der Waals surface area (Å²) in [6.45, 7) is -0.836. The average Bonchev–Trinajstić information content (AvgIpc) is 2.36. The largest absolute Gasteiger partial charge is 0.478 e. The Morgan fingerprint density at radius 1 is 1.43 bits per heavy atom. The van der Waals surface area contributed by atoms with Crippen LogP contribution in [0.25, 0.3) is 0 Å². The maximum atomic E-state index is 11.9. The van der Waals surface area contributed by atoms with Crippen LogP contribution in [0.4, 0.5) is 24.5 Å². The number of hydrogen-bond donors (Lipinski definition) is 2. The number of hydrogen-bond acceptors (Lipinski definition) is 4. The van der Waals surface area contributed by atoms with Crippen LogP contribution < -0.4 is 10.6 Å². The molecule has 0 unspecified atom stereocenters. The molecule has 0 saturated heterocycles. The van der Waals surface area contributed by atoms with Gasteiger partial charge in [0.2, 0.25) is 0 Å². The molecule has 118 valence electrons. The molecule has 0 radical (unpaired) electrons. The molecule has 0 aliphatic carbocycles. The van der Waals surface area contributed by atoms with Crippen LogP contribution in [-0.4, -0.2) is 44.1 Å². The van der Waals surface area contributed by atoms with Gasteiger partial charge >= 0.3 is 12.1 Å². The molecule has 0 amide bonds. The first-order valence-electron chi connectivity index (χ1n) is 6.19. The number of ether oxygens (including phenoxy) is 1. The van der Waals surface area contributed by atoms with Crippen LogP contribution in [-0.2, 0) is 4.74 Å². The molecular formula is C13H17F3N2O3. The van der Waals surface area contributed by atoms with E-state index in [1.165, 1.54) is 12.1 Å². The Labute approximate surface area is 120 Å². The molecule has 0 atom stereocenters. The highest BCUT2D eigenvalue weighted by molar-refractivity contribution is 5.90. The number of carbonyl (C=O) groups is 1.